The molecule has 0 bridgehead atoms. The second-order valence-corrected chi connectivity index (χ2v) is 10.6. The molecule has 1 amide bonds. The van der Waals surface area contributed by atoms with Gasteiger partial charge in [0.15, 0.2) is 0 Å². The number of hydrogen-bond acceptors (Lipinski definition) is 8. The molecular formula is C26H26F3N7O2S. The lowest BCUT2D eigenvalue weighted by atomic mass is 9.78. The number of aliphatic hydroxyl groups is 1. The number of carbonyl (C=O) groups is 1. The van der Waals surface area contributed by atoms with Crippen LogP contribution < -0.4 is 10.6 Å². The molecule has 0 radical (unpaired) electrons. The average molecular weight is 558 g/mol. The van der Waals surface area contributed by atoms with E-state index in [1.807, 2.05) is 13.0 Å². The van der Waals surface area contributed by atoms with Crippen LogP contribution in [0.15, 0.2) is 48.9 Å². The van der Waals surface area contributed by atoms with Gasteiger partial charge in [0.05, 0.1) is 17.1 Å². The molecule has 1 saturated carbocycles. The standard InChI is InChI=1S/C26H26F3N7O2S/c1-15-10-17(12-19(11-15)34-24-30-8-5-21(35-24)26(27,28)29)20-14-32-23(39-20)25(38)6-2-16(3-7-25)22(37)31-13-18-4-9-33-36-18/h4-5,8-12,14,16,38H,2-3,6-7,13H2,1H3,(H,31,37)(H,33,36)(H,30,34,35)/t16-,25-. The van der Waals surface area contributed by atoms with Crippen LogP contribution in [0.3, 0.4) is 0 Å². The molecule has 5 rings (SSSR count). The Kier molecular flexibility index (Phi) is 7.36. The summed E-state index contributed by atoms with van der Waals surface area (Å²) in [6.45, 7) is 2.25. The number of aromatic amines is 1. The van der Waals surface area contributed by atoms with Crippen LogP contribution in [0.25, 0.3) is 10.4 Å². The van der Waals surface area contributed by atoms with Crippen molar-refractivity contribution in [3.05, 3.63) is 70.9 Å². The highest BCUT2D eigenvalue weighted by atomic mass is 32.1. The van der Waals surface area contributed by atoms with E-state index in [0.717, 1.165) is 34.0 Å². The first-order valence-electron chi connectivity index (χ1n) is 12.3. The summed E-state index contributed by atoms with van der Waals surface area (Å²) in [7, 11) is 0. The molecule has 9 nitrogen and oxygen atoms in total. The number of nitrogens with one attached hydrogen (secondary N) is 3. The molecule has 0 spiro atoms. The molecule has 4 aromatic rings. The van der Waals surface area contributed by atoms with E-state index in [1.165, 1.54) is 11.3 Å². The van der Waals surface area contributed by atoms with Gasteiger partial charge in [-0.05, 0) is 68.0 Å². The van der Waals surface area contributed by atoms with E-state index >= 15 is 0 Å². The number of nitrogens with zero attached hydrogens (tertiary/aromatic N) is 4. The molecule has 0 saturated heterocycles. The number of hydrogen-bond donors (Lipinski definition) is 4. The number of aromatic nitrogens is 5. The highest BCUT2D eigenvalue weighted by molar-refractivity contribution is 7.15. The van der Waals surface area contributed by atoms with E-state index in [2.05, 4.69) is 35.8 Å². The molecule has 4 N–H and O–H groups in total. The lowest BCUT2D eigenvalue weighted by molar-refractivity contribution is -0.141. The molecule has 1 aromatic carbocycles. The van der Waals surface area contributed by atoms with Gasteiger partial charge in [0, 0.05) is 30.2 Å². The average Bonchev–Trinajstić information content (AvgIpc) is 3.60. The van der Waals surface area contributed by atoms with Crippen LogP contribution in [0.2, 0.25) is 0 Å². The fourth-order valence-electron chi connectivity index (χ4n) is 4.61. The lowest BCUT2D eigenvalue weighted by Crippen LogP contribution is -2.38. The first-order valence-corrected chi connectivity index (χ1v) is 13.1. The van der Waals surface area contributed by atoms with E-state index in [9.17, 15) is 23.1 Å². The largest absolute Gasteiger partial charge is 0.433 e. The minimum absolute atomic E-state index is 0.0454. The van der Waals surface area contributed by atoms with E-state index in [0.29, 0.717) is 42.9 Å². The molecule has 13 heteroatoms. The maximum atomic E-state index is 13.0. The fourth-order valence-corrected chi connectivity index (χ4v) is 5.66. The van der Waals surface area contributed by atoms with Crippen molar-refractivity contribution in [1.29, 1.82) is 0 Å². The third kappa shape index (κ3) is 6.25. The SMILES string of the molecule is Cc1cc(Nc2nccc(C(F)(F)F)n2)cc(-c2cnc([C@]3(O)CC[C@H](C(=O)NCc4ccn[nH]4)CC3)s2)c1. The van der Waals surface area contributed by atoms with Gasteiger partial charge in [-0.25, -0.2) is 15.0 Å². The summed E-state index contributed by atoms with van der Waals surface area (Å²) in [5.74, 6) is -0.391. The van der Waals surface area contributed by atoms with Crippen LogP contribution in [0, 0.1) is 12.8 Å². The number of halogens is 3. The summed E-state index contributed by atoms with van der Waals surface area (Å²) < 4.78 is 39.1. The van der Waals surface area contributed by atoms with Crippen molar-refractivity contribution in [1.82, 2.24) is 30.5 Å². The number of thiazole rings is 1. The number of rotatable bonds is 7. The number of anilines is 2. The van der Waals surface area contributed by atoms with Crippen LogP contribution in [0.5, 0.6) is 0 Å². The van der Waals surface area contributed by atoms with Crippen molar-refractivity contribution in [3.8, 4) is 10.4 Å². The monoisotopic (exact) mass is 557 g/mol. The Balaban J connectivity index is 1.25. The topological polar surface area (TPSA) is 129 Å². The predicted molar refractivity (Wildman–Crippen MR) is 139 cm³/mol. The summed E-state index contributed by atoms with van der Waals surface area (Å²) in [5, 5.41) is 24.4. The first kappa shape index (κ1) is 26.8. The third-order valence-corrected chi connectivity index (χ3v) is 7.90. The van der Waals surface area contributed by atoms with Crippen molar-refractivity contribution in [2.45, 2.75) is 50.9 Å². The van der Waals surface area contributed by atoms with Crippen LogP contribution in [0.1, 0.15) is 47.6 Å². The normalized spacial score (nSPS) is 19.6. The lowest BCUT2D eigenvalue weighted by Gasteiger charge is -2.33. The Bertz CT molecular complexity index is 1450. The summed E-state index contributed by atoms with van der Waals surface area (Å²) in [6.07, 6.45) is 1.70. The van der Waals surface area contributed by atoms with Gasteiger partial charge in [0.25, 0.3) is 0 Å². The van der Waals surface area contributed by atoms with Crippen LogP contribution >= 0.6 is 11.3 Å². The molecule has 3 aromatic heterocycles. The predicted octanol–water partition coefficient (Wildman–Crippen LogP) is 5.09. The molecule has 1 fully saturated rings. The zero-order valence-corrected chi connectivity index (χ0v) is 21.7. The van der Waals surface area contributed by atoms with E-state index in [1.54, 1.807) is 30.6 Å². The molecule has 0 aliphatic heterocycles. The van der Waals surface area contributed by atoms with Crippen molar-refractivity contribution in [3.63, 3.8) is 0 Å². The van der Waals surface area contributed by atoms with Crippen LogP contribution in [-0.2, 0) is 23.1 Å². The van der Waals surface area contributed by atoms with Gasteiger partial charge < -0.3 is 15.7 Å². The van der Waals surface area contributed by atoms with Crippen molar-refractivity contribution in [2.75, 3.05) is 5.32 Å². The highest BCUT2D eigenvalue weighted by Crippen LogP contribution is 2.43. The number of benzene rings is 1. The van der Waals surface area contributed by atoms with Crippen molar-refractivity contribution in [2.24, 2.45) is 5.92 Å². The Hall–Kier alpha value is -3.84. The highest BCUT2D eigenvalue weighted by Gasteiger charge is 2.39. The molecule has 0 unspecified atom stereocenters. The van der Waals surface area contributed by atoms with Gasteiger partial charge in [-0.15, -0.1) is 11.3 Å². The third-order valence-electron chi connectivity index (χ3n) is 6.66. The van der Waals surface area contributed by atoms with Gasteiger partial charge in [0.1, 0.15) is 16.3 Å². The summed E-state index contributed by atoms with van der Waals surface area (Å²) >= 11 is 1.36. The number of amides is 1. The van der Waals surface area contributed by atoms with Gasteiger partial charge in [-0.3, -0.25) is 9.89 Å². The van der Waals surface area contributed by atoms with Crippen LogP contribution in [0.4, 0.5) is 24.8 Å². The Morgan fingerprint density at radius 3 is 2.69 bits per heavy atom. The van der Waals surface area contributed by atoms with E-state index < -0.39 is 17.5 Å². The van der Waals surface area contributed by atoms with Crippen molar-refractivity contribution < 1.29 is 23.1 Å². The minimum atomic E-state index is -4.57. The molecule has 3 heterocycles. The fraction of sp³-hybridized carbons (Fsp3) is 0.346. The molecule has 1 aliphatic carbocycles. The maximum Gasteiger partial charge on any atom is 0.433 e. The second-order valence-electron chi connectivity index (χ2n) is 9.61. The van der Waals surface area contributed by atoms with Gasteiger partial charge >= 0.3 is 6.18 Å². The van der Waals surface area contributed by atoms with Crippen molar-refractivity contribution >= 4 is 28.9 Å². The maximum absolute atomic E-state index is 13.0. The van der Waals surface area contributed by atoms with E-state index in [-0.39, 0.29) is 17.8 Å². The number of aryl methyl sites for hydroxylation is 1. The first-order chi connectivity index (χ1) is 18.6. The minimum Gasteiger partial charge on any atom is -0.383 e. The molecule has 0 atom stereocenters. The molecule has 39 heavy (non-hydrogen) atoms. The molecular weight excluding hydrogens is 531 g/mol. The Morgan fingerprint density at radius 1 is 1.18 bits per heavy atom. The smallest absolute Gasteiger partial charge is 0.383 e. The summed E-state index contributed by atoms with van der Waals surface area (Å²) in [4.78, 5) is 25.3. The number of alkyl halides is 3. The zero-order valence-electron chi connectivity index (χ0n) is 20.9. The van der Waals surface area contributed by atoms with Crippen LogP contribution in [-0.4, -0.2) is 36.2 Å². The van der Waals surface area contributed by atoms with Gasteiger partial charge in [-0.1, -0.05) is 6.07 Å². The van der Waals surface area contributed by atoms with E-state index in [4.69, 9.17) is 0 Å². The van der Waals surface area contributed by atoms with Gasteiger partial charge in [-0.2, -0.15) is 18.3 Å². The Morgan fingerprint density at radius 2 is 1.97 bits per heavy atom. The summed E-state index contributed by atoms with van der Waals surface area (Å²) in [5.41, 5.74) is 0.863. The second kappa shape index (κ2) is 10.7. The van der Waals surface area contributed by atoms with Gasteiger partial charge in [0.2, 0.25) is 11.9 Å². The zero-order chi connectivity index (χ0) is 27.6. The molecule has 1 aliphatic rings. The Labute approximate surface area is 225 Å². The summed E-state index contributed by atoms with van der Waals surface area (Å²) in [6, 6.07) is 8.10. The number of H-pyrrole nitrogens is 1. The quantitative estimate of drug-likeness (QED) is 0.249. The number of carbonyl (C=O) groups excluding carboxylic acids is 1. The molecule has 204 valence electrons.